The van der Waals surface area contributed by atoms with Gasteiger partial charge in [-0.1, -0.05) is 45.0 Å². The van der Waals surface area contributed by atoms with Crippen LogP contribution < -0.4 is 16.4 Å². The van der Waals surface area contributed by atoms with Crippen molar-refractivity contribution >= 4 is 69.1 Å². The number of hydrogen-bond acceptors (Lipinski definition) is 18. The third-order valence-corrected chi connectivity index (χ3v) is 11.4. The number of nitrogens with zero attached hydrogens (tertiary/aromatic N) is 4. The van der Waals surface area contributed by atoms with Gasteiger partial charge in [-0.05, 0) is 12.5 Å². The van der Waals surface area contributed by atoms with Crippen LogP contribution in [0.5, 0.6) is 0 Å². The highest BCUT2D eigenvalue weighted by atomic mass is 32.2. The lowest BCUT2D eigenvalue weighted by molar-refractivity contribution is -0.137. The molecule has 24 nitrogen and oxygen atoms in total. The van der Waals surface area contributed by atoms with Crippen LogP contribution >= 0.6 is 35.2 Å². The minimum atomic E-state index is -5.57. The molecule has 1 saturated heterocycles. The van der Waals surface area contributed by atoms with Crippen molar-refractivity contribution in [1.82, 2.24) is 30.2 Å². The summed E-state index contributed by atoms with van der Waals surface area (Å²) in [6, 6.07) is 0. The fraction of sp³-hybridized carbons (Fsp3) is 0.630. The topological polar surface area (TPSA) is 364 Å². The SMILES string of the molecule is CCC/C=C/C(=O)SCCNC(=O)CCNC(=O)C(O)C(C)(C)COP(=O)(O)OP(=O)(O)OC[C@H]1O[C@@H](n2cnc3c(N)ncnc32)[C@H](O)[C@@H]1OP(=O)(O)O. The van der Waals surface area contributed by atoms with Crippen LogP contribution in [-0.2, 0) is 50.7 Å². The molecule has 3 heterocycles. The van der Waals surface area contributed by atoms with Gasteiger partial charge in [0.1, 0.15) is 36.3 Å². The molecule has 0 radical (unpaired) electrons. The first-order chi connectivity index (χ1) is 25.6. The van der Waals surface area contributed by atoms with E-state index >= 15 is 0 Å². The molecular weight excluding hydrogens is 819 g/mol. The summed E-state index contributed by atoms with van der Waals surface area (Å²) in [6.45, 7) is 2.47. The molecule has 55 heavy (non-hydrogen) atoms. The Labute approximate surface area is 318 Å². The highest BCUT2D eigenvalue weighted by Gasteiger charge is 2.50. The first-order valence-electron chi connectivity index (χ1n) is 16.3. The van der Waals surface area contributed by atoms with Crippen molar-refractivity contribution in [3.8, 4) is 0 Å². The van der Waals surface area contributed by atoms with Gasteiger partial charge in [0.25, 0.3) is 0 Å². The number of nitrogens with two attached hydrogens (primary N) is 1. The molecule has 0 saturated carbocycles. The fourth-order valence-electron chi connectivity index (χ4n) is 4.68. The normalized spacial score (nSPS) is 22.0. The van der Waals surface area contributed by atoms with Crippen LogP contribution in [-0.4, -0.2) is 123 Å². The number of phosphoric ester groups is 3. The van der Waals surface area contributed by atoms with Gasteiger partial charge in [-0.2, -0.15) is 4.31 Å². The third kappa shape index (κ3) is 14.6. The number of carbonyl (C=O) groups excluding carboxylic acids is 3. The molecular formula is C27H44N7O17P3S. The van der Waals surface area contributed by atoms with E-state index in [-0.39, 0.29) is 41.6 Å². The quantitative estimate of drug-likeness (QED) is 0.0428. The van der Waals surface area contributed by atoms with Crippen molar-refractivity contribution < 1.29 is 80.5 Å². The molecule has 2 amide bonds. The molecule has 1 aliphatic heterocycles. The van der Waals surface area contributed by atoms with Crippen LogP contribution in [0, 0.1) is 5.41 Å². The van der Waals surface area contributed by atoms with E-state index in [9.17, 15) is 57.9 Å². The zero-order valence-corrected chi connectivity index (χ0v) is 33.1. The second-order valence-electron chi connectivity index (χ2n) is 12.4. The minimum Gasteiger partial charge on any atom is -0.386 e. The Bertz CT molecular complexity index is 1830. The average molecular weight is 864 g/mol. The Kier molecular flexibility index (Phi) is 17.1. The van der Waals surface area contributed by atoms with Crippen molar-refractivity contribution in [1.29, 1.82) is 0 Å². The summed E-state index contributed by atoms with van der Waals surface area (Å²) in [5.74, 6) is -1.12. The van der Waals surface area contributed by atoms with Gasteiger partial charge in [0.2, 0.25) is 16.9 Å². The number of fused-ring (bicyclic) bond motifs is 1. The van der Waals surface area contributed by atoms with Gasteiger partial charge in [-0.15, -0.1) is 0 Å². The largest absolute Gasteiger partial charge is 0.481 e. The van der Waals surface area contributed by atoms with Crippen molar-refractivity contribution in [2.45, 2.75) is 70.7 Å². The molecule has 310 valence electrons. The Morgan fingerprint density at radius 3 is 2.45 bits per heavy atom. The molecule has 3 unspecified atom stereocenters. The van der Waals surface area contributed by atoms with Crippen LogP contribution in [0.3, 0.4) is 0 Å². The molecule has 1 fully saturated rings. The molecule has 3 rings (SSSR count). The number of aliphatic hydroxyl groups is 2. The summed E-state index contributed by atoms with van der Waals surface area (Å²) in [4.78, 5) is 87.2. The maximum atomic E-state index is 12.7. The Balaban J connectivity index is 1.49. The minimum absolute atomic E-state index is 0.0305. The zero-order chi connectivity index (χ0) is 41.2. The lowest BCUT2D eigenvalue weighted by Gasteiger charge is -2.30. The second-order valence-corrected chi connectivity index (χ2v) is 17.8. The maximum absolute atomic E-state index is 12.7. The summed E-state index contributed by atoms with van der Waals surface area (Å²) >= 11 is 1.03. The summed E-state index contributed by atoms with van der Waals surface area (Å²) in [5.41, 5.74) is 4.26. The van der Waals surface area contributed by atoms with Gasteiger partial charge in [0.15, 0.2) is 17.7 Å². The molecule has 7 atom stereocenters. The number of rotatable bonds is 22. The second kappa shape index (κ2) is 20.1. The lowest BCUT2D eigenvalue weighted by atomic mass is 9.87. The standard InChI is InChI=1S/C27H44N7O17P3S/c1-4-5-6-7-18(36)55-11-10-29-17(35)8-9-30-25(39)22(38)27(2,3)13-48-54(45,46)51-53(43,44)47-12-16-21(50-52(40,41)42)20(37)26(49-16)34-15-33-19-23(28)31-14-32-24(19)34/h6-7,14-16,20-22,26,37-38H,4-5,8-13H2,1-3H3,(H,29,35)(H,30,39)(H,43,44)(H,45,46)(H2,28,31,32)(H2,40,41,42)/b7-6+/t16-,20-,21-,22?,26-/m1/s1. The van der Waals surface area contributed by atoms with E-state index in [4.69, 9.17) is 19.5 Å². The Morgan fingerprint density at radius 1 is 1.09 bits per heavy atom. The van der Waals surface area contributed by atoms with Gasteiger partial charge in [-0.3, -0.25) is 32.5 Å². The number of allylic oxidation sites excluding steroid dienone is 1. The highest BCUT2D eigenvalue weighted by Crippen LogP contribution is 2.61. The highest BCUT2D eigenvalue weighted by molar-refractivity contribution is 8.14. The van der Waals surface area contributed by atoms with E-state index in [2.05, 4.69) is 34.4 Å². The molecule has 0 aromatic carbocycles. The Hall–Kier alpha value is -2.70. The van der Waals surface area contributed by atoms with Crippen LogP contribution in [0.15, 0.2) is 24.8 Å². The number of imidazole rings is 1. The number of phosphoric acid groups is 3. The van der Waals surface area contributed by atoms with Gasteiger partial charge in [0, 0.05) is 30.7 Å². The molecule has 2 aromatic rings. The maximum Gasteiger partial charge on any atom is 0.481 e. The molecule has 0 bridgehead atoms. The number of thioether (sulfide) groups is 1. The number of unbranched alkanes of at least 4 members (excludes halogenated alkanes) is 1. The van der Waals surface area contributed by atoms with Crippen LogP contribution in [0.25, 0.3) is 11.2 Å². The van der Waals surface area contributed by atoms with Crippen molar-refractivity contribution in [3.63, 3.8) is 0 Å². The summed E-state index contributed by atoms with van der Waals surface area (Å²) in [5, 5.41) is 26.2. The Morgan fingerprint density at radius 2 is 1.78 bits per heavy atom. The first kappa shape index (κ1) is 46.7. The molecule has 0 spiro atoms. The van der Waals surface area contributed by atoms with E-state index in [1.165, 1.54) is 19.9 Å². The third-order valence-electron chi connectivity index (χ3n) is 7.46. The van der Waals surface area contributed by atoms with Gasteiger partial charge >= 0.3 is 23.5 Å². The number of nitrogen functional groups attached to an aromatic ring is 1. The smallest absolute Gasteiger partial charge is 0.386 e. The van der Waals surface area contributed by atoms with Crippen molar-refractivity contribution in [3.05, 3.63) is 24.8 Å². The summed E-state index contributed by atoms with van der Waals surface area (Å²) in [7, 11) is -16.4. The summed E-state index contributed by atoms with van der Waals surface area (Å²) in [6.07, 6.45) is -1.97. The number of nitrogens with one attached hydrogen (secondary N) is 2. The van der Waals surface area contributed by atoms with E-state index < -0.39 is 84.6 Å². The van der Waals surface area contributed by atoms with E-state index in [0.717, 1.165) is 41.8 Å². The molecule has 28 heteroatoms. The number of amides is 2. The van der Waals surface area contributed by atoms with E-state index in [0.29, 0.717) is 5.75 Å². The number of carbonyl (C=O) groups is 3. The van der Waals surface area contributed by atoms with Crippen LogP contribution in [0.1, 0.15) is 46.3 Å². The van der Waals surface area contributed by atoms with Gasteiger partial charge in [0.05, 0.1) is 19.5 Å². The predicted molar refractivity (Wildman–Crippen MR) is 191 cm³/mol. The predicted octanol–water partition coefficient (Wildman–Crippen LogP) is 0.0210. The van der Waals surface area contributed by atoms with Crippen LogP contribution in [0.4, 0.5) is 5.82 Å². The zero-order valence-electron chi connectivity index (χ0n) is 29.6. The number of aromatic nitrogens is 4. The lowest BCUT2D eigenvalue weighted by Crippen LogP contribution is -2.46. The van der Waals surface area contributed by atoms with E-state index in [1.54, 1.807) is 6.08 Å². The monoisotopic (exact) mass is 863 g/mol. The fourth-order valence-corrected chi connectivity index (χ4v) is 8.10. The van der Waals surface area contributed by atoms with Gasteiger partial charge < -0.3 is 50.9 Å². The number of ether oxygens (including phenoxy) is 1. The summed E-state index contributed by atoms with van der Waals surface area (Å²) < 4.78 is 62.0. The van der Waals surface area contributed by atoms with Gasteiger partial charge in [-0.25, -0.2) is 28.6 Å². The number of hydrogen-bond donors (Lipinski definition) is 9. The van der Waals surface area contributed by atoms with Crippen molar-refractivity contribution in [2.24, 2.45) is 5.41 Å². The van der Waals surface area contributed by atoms with Crippen molar-refractivity contribution in [2.75, 3.05) is 37.8 Å². The molecule has 2 aromatic heterocycles. The average Bonchev–Trinajstić information content (AvgIpc) is 3.64. The molecule has 0 aliphatic carbocycles. The van der Waals surface area contributed by atoms with E-state index in [1.807, 2.05) is 6.92 Å². The van der Waals surface area contributed by atoms with Crippen LogP contribution in [0.2, 0.25) is 0 Å². The number of anilines is 1. The molecule has 10 N–H and O–H groups in total. The number of aliphatic hydroxyl groups excluding tert-OH is 2. The first-order valence-corrected chi connectivity index (χ1v) is 21.8. The molecule has 1 aliphatic rings.